The first-order valence-corrected chi connectivity index (χ1v) is 6.99. The van der Waals surface area contributed by atoms with Crippen molar-refractivity contribution in [1.82, 2.24) is 5.32 Å². The van der Waals surface area contributed by atoms with E-state index in [1.54, 1.807) is 13.1 Å². The maximum atomic E-state index is 11.7. The van der Waals surface area contributed by atoms with Crippen molar-refractivity contribution in [2.24, 2.45) is 0 Å². The van der Waals surface area contributed by atoms with E-state index in [0.29, 0.717) is 10.6 Å². The van der Waals surface area contributed by atoms with E-state index in [4.69, 9.17) is 11.6 Å². The van der Waals surface area contributed by atoms with Crippen LogP contribution in [0, 0.1) is 6.92 Å². The summed E-state index contributed by atoms with van der Waals surface area (Å²) in [6.07, 6.45) is 0. The molecule has 0 aromatic heterocycles. The number of carbonyl (C=O) groups is 1. The van der Waals surface area contributed by atoms with Gasteiger partial charge in [-0.25, -0.2) is 0 Å². The highest BCUT2D eigenvalue weighted by atomic mass is 79.9. The maximum absolute atomic E-state index is 11.7. The first-order valence-electron chi connectivity index (χ1n) is 5.81. The van der Waals surface area contributed by atoms with Gasteiger partial charge in [0.2, 0.25) is 0 Å². The number of hydrogen-bond donors (Lipinski definition) is 1. The Balaban J connectivity index is 2.60. The molecule has 2 rings (SSSR count). The third kappa shape index (κ3) is 2.82. The summed E-state index contributed by atoms with van der Waals surface area (Å²) in [5, 5.41) is 3.28. The van der Waals surface area contributed by atoms with Crippen LogP contribution in [-0.4, -0.2) is 13.0 Å². The molecule has 0 aliphatic heterocycles. The van der Waals surface area contributed by atoms with Crippen LogP contribution in [0.1, 0.15) is 15.9 Å². The van der Waals surface area contributed by atoms with Gasteiger partial charge in [-0.2, -0.15) is 0 Å². The SMILES string of the molecule is CNC(=O)c1cccc(-c2c(C)ccc(Br)c2Cl)c1. The number of benzene rings is 2. The third-order valence-electron chi connectivity index (χ3n) is 2.94. The van der Waals surface area contributed by atoms with Crippen molar-refractivity contribution in [1.29, 1.82) is 0 Å². The van der Waals surface area contributed by atoms with Gasteiger partial charge in [-0.1, -0.05) is 29.8 Å². The van der Waals surface area contributed by atoms with E-state index in [0.717, 1.165) is 21.2 Å². The van der Waals surface area contributed by atoms with Crippen molar-refractivity contribution < 1.29 is 4.79 Å². The number of nitrogens with one attached hydrogen (secondary N) is 1. The second kappa shape index (κ2) is 5.76. The molecule has 0 heterocycles. The topological polar surface area (TPSA) is 29.1 Å². The fraction of sp³-hybridized carbons (Fsp3) is 0.133. The molecule has 2 nitrogen and oxygen atoms in total. The first-order chi connectivity index (χ1) is 9.04. The van der Waals surface area contributed by atoms with Crippen LogP contribution >= 0.6 is 27.5 Å². The van der Waals surface area contributed by atoms with Gasteiger partial charge in [0.15, 0.2) is 0 Å². The van der Waals surface area contributed by atoms with Crippen molar-refractivity contribution in [3.8, 4) is 11.1 Å². The Morgan fingerprint density at radius 2 is 2.00 bits per heavy atom. The molecular formula is C15H13BrClNO. The lowest BCUT2D eigenvalue weighted by molar-refractivity contribution is 0.0963. The zero-order valence-electron chi connectivity index (χ0n) is 10.6. The van der Waals surface area contributed by atoms with Crippen LogP contribution < -0.4 is 5.32 Å². The Hall–Kier alpha value is -1.32. The lowest BCUT2D eigenvalue weighted by Gasteiger charge is -2.11. The summed E-state index contributed by atoms with van der Waals surface area (Å²) in [5.41, 5.74) is 3.57. The fourth-order valence-corrected chi connectivity index (χ4v) is 2.61. The molecule has 1 amide bonds. The Bertz CT molecular complexity index is 640. The van der Waals surface area contributed by atoms with Crippen molar-refractivity contribution >= 4 is 33.4 Å². The Morgan fingerprint density at radius 3 is 2.68 bits per heavy atom. The number of aryl methyl sites for hydroxylation is 1. The molecular weight excluding hydrogens is 326 g/mol. The minimum Gasteiger partial charge on any atom is -0.355 e. The van der Waals surface area contributed by atoms with Crippen LogP contribution in [-0.2, 0) is 0 Å². The minimum absolute atomic E-state index is 0.106. The van der Waals surface area contributed by atoms with E-state index in [2.05, 4.69) is 21.2 Å². The highest BCUT2D eigenvalue weighted by molar-refractivity contribution is 9.10. The third-order valence-corrected chi connectivity index (χ3v) is 4.23. The van der Waals surface area contributed by atoms with E-state index in [-0.39, 0.29) is 5.91 Å². The van der Waals surface area contributed by atoms with Crippen LogP contribution in [0.4, 0.5) is 0 Å². The van der Waals surface area contributed by atoms with Gasteiger partial charge in [0, 0.05) is 22.6 Å². The van der Waals surface area contributed by atoms with Gasteiger partial charge >= 0.3 is 0 Å². The van der Waals surface area contributed by atoms with Gasteiger partial charge in [-0.3, -0.25) is 4.79 Å². The molecule has 0 fully saturated rings. The van der Waals surface area contributed by atoms with E-state index in [1.807, 2.05) is 37.3 Å². The van der Waals surface area contributed by atoms with Crippen molar-refractivity contribution in [3.63, 3.8) is 0 Å². The molecule has 0 spiro atoms. The molecule has 0 unspecified atom stereocenters. The molecule has 4 heteroatoms. The van der Waals surface area contributed by atoms with E-state index < -0.39 is 0 Å². The number of hydrogen-bond acceptors (Lipinski definition) is 1. The number of amides is 1. The molecule has 0 aliphatic carbocycles. The second-order valence-corrected chi connectivity index (χ2v) is 5.45. The minimum atomic E-state index is -0.106. The van der Waals surface area contributed by atoms with Crippen LogP contribution in [0.2, 0.25) is 5.02 Å². The molecule has 2 aromatic carbocycles. The molecule has 1 N–H and O–H groups in total. The quantitative estimate of drug-likeness (QED) is 0.862. The Morgan fingerprint density at radius 1 is 1.26 bits per heavy atom. The summed E-state index contributed by atoms with van der Waals surface area (Å²) in [6.45, 7) is 2.00. The van der Waals surface area contributed by atoms with Crippen molar-refractivity contribution in [2.45, 2.75) is 6.92 Å². The average molecular weight is 339 g/mol. The molecule has 0 aliphatic rings. The summed E-state index contributed by atoms with van der Waals surface area (Å²) < 4.78 is 0.847. The molecule has 19 heavy (non-hydrogen) atoms. The Kier molecular flexibility index (Phi) is 4.27. The standard InChI is InChI=1S/C15H13BrClNO/c1-9-6-7-12(16)14(17)13(9)10-4-3-5-11(8-10)15(19)18-2/h3-8H,1-2H3,(H,18,19). The van der Waals surface area contributed by atoms with E-state index in [9.17, 15) is 4.79 Å². The predicted molar refractivity (Wildman–Crippen MR) is 82.7 cm³/mol. The number of carbonyl (C=O) groups excluding carboxylic acids is 1. The summed E-state index contributed by atoms with van der Waals surface area (Å²) in [7, 11) is 1.62. The van der Waals surface area contributed by atoms with Crippen LogP contribution in [0.25, 0.3) is 11.1 Å². The molecule has 98 valence electrons. The summed E-state index contributed by atoms with van der Waals surface area (Å²) in [6, 6.07) is 11.4. The average Bonchev–Trinajstić information content (AvgIpc) is 2.43. The molecule has 0 radical (unpaired) electrons. The van der Waals surface area contributed by atoms with Gasteiger partial charge in [0.1, 0.15) is 0 Å². The molecule has 0 atom stereocenters. The lowest BCUT2D eigenvalue weighted by Crippen LogP contribution is -2.17. The smallest absolute Gasteiger partial charge is 0.251 e. The predicted octanol–water partition coefficient (Wildman–Crippen LogP) is 4.44. The van der Waals surface area contributed by atoms with E-state index >= 15 is 0 Å². The van der Waals surface area contributed by atoms with Gasteiger partial charge in [-0.15, -0.1) is 0 Å². The molecule has 2 aromatic rings. The van der Waals surface area contributed by atoms with Gasteiger partial charge in [0.05, 0.1) is 5.02 Å². The number of rotatable bonds is 2. The highest BCUT2D eigenvalue weighted by Crippen LogP contribution is 2.36. The number of halogens is 2. The highest BCUT2D eigenvalue weighted by Gasteiger charge is 2.12. The van der Waals surface area contributed by atoms with E-state index in [1.165, 1.54) is 0 Å². The van der Waals surface area contributed by atoms with Crippen LogP contribution in [0.3, 0.4) is 0 Å². The molecule has 0 saturated heterocycles. The fourth-order valence-electron chi connectivity index (χ4n) is 1.96. The Labute approximate surface area is 125 Å². The van der Waals surface area contributed by atoms with Gasteiger partial charge in [-0.05, 0) is 52.2 Å². The lowest BCUT2D eigenvalue weighted by atomic mass is 9.98. The zero-order valence-corrected chi connectivity index (χ0v) is 13.0. The maximum Gasteiger partial charge on any atom is 0.251 e. The van der Waals surface area contributed by atoms with Crippen LogP contribution in [0.5, 0.6) is 0 Å². The van der Waals surface area contributed by atoms with Gasteiger partial charge in [0.25, 0.3) is 5.91 Å². The van der Waals surface area contributed by atoms with Crippen molar-refractivity contribution in [2.75, 3.05) is 7.05 Å². The van der Waals surface area contributed by atoms with Gasteiger partial charge < -0.3 is 5.32 Å². The zero-order chi connectivity index (χ0) is 14.0. The van der Waals surface area contributed by atoms with Crippen LogP contribution in [0.15, 0.2) is 40.9 Å². The molecule has 0 bridgehead atoms. The normalized spacial score (nSPS) is 10.3. The van der Waals surface area contributed by atoms with Crippen molar-refractivity contribution in [3.05, 3.63) is 57.0 Å². The molecule has 0 saturated carbocycles. The summed E-state index contributed by atoms with van der Waals surface area (Å²) in [5.74, 6) is -0.106. The summed E-state index contributed by atoms with van der Waals surface area (Å²) >= 11 is 9.78. The first kappa shape index (κ1) is 14.1. The largest absolute Gasteiger partial charge is 0.355 e. The summed E-state index contributed by atoms with van der Waals surface area (Å²) in [4.78, 5) is 11.7. The second-order valence-electron chi connectivity index (χ2n) is 4.21. The monoisotopic (exact) mass is 337 g/mol.